The topological polar surface area (TPSA) is 107 Å². The maximum absolute atomic E-state index is 12.4. The van der Waals surface area contributed by atoms with Crippen molar-refractivity contribution in [2.24, 2.45) is 10.9 Å². The van der Waals surface area contributed by atoms with E-state index in [4.69, 9.17) is 20.5 Å². The van der Waals surface area contributed by atoms with Crippen LogP contribution in [0.3, 0.4) is 0 Å². The summed E-state index contributed by atoms with van der Waals surface area (Å²) in [6, 6.07) is 18.1. The predicted molar refractivity (Wildman–Crippen MR) is 121 cm³/mol. The van der Waals surface area contributed by atoms with Crippen molar-refractivity contribution in [1.29, 1.82) is 0 Å². The number of carboxylic acid groups (broad SMARTS) is 1. The second kappa shape index (κ2) is 12.2. The van der Waals surface area contributed by atoms with Crippen LogP contribution in [-0.2, 0) is 22.5 Å². The Morgan fingerprint density at radius 3 is 2.21 bits per heavy atom. The lowest BCUT2D eigenvalue weighted by Crippen LogP contribution is -2.21. The zero-order valence-electron chi connectivity index (χ0n) is 18.3. The molecule has 180 valence electrons. The Labute approximate surface area is 194 Å². The average molecular weight is 475 g/mol. The van der Waals surface area contributed by atoms with E-state index < -0.39 is 12.1 Å². The molecule has 3 aromatic rings. The van der Waals surface area contributed by atoms with Gasteiger partial charge in [0.2, 0.25) is 0 Å². The molecule has 0 saturated heterocycles. The summed E-state index contributed by atoms with van der Waals surface area (Å²) >= 11 is 0. The first-order valence-electron chi connectivity index (χ1n) is 10.2. The molecule has 34 heavy (non-hydrogen) atoms. The van der Waals surface area contributed by atoms with Gasteiger partial charge < -0.3 is 20.3 Å². The van der Waals surface area contributed by atoms with Gasteiger partial charge in [-0.25, -0.2) is 9.59 Å². The van der Waals surface area contributed by atoms with Crippen molar-refractivity contribution in [1.82, 2.24) is 4.57 Å². The van der Waals surface area contributed by atoms with Gasteiger partial charge in [-0.3, -0.25) is 0 Å². The van der Waals surface area contributed by atoms with Crippen molar-refractivity contribution in [2.75, 3.05) is 6.61 Å². The quantitative estimate of drug-likeness (QED) is 0.230. The summed E-state index contributed by atoms with van der Waals surface area (Å²) in [5, 5.41) is 10.7. The molecule has 0 amide bonds. The molecule has 0 saturated carbocycles. The minimum atomic E-state index is -5.08. The number of rotatable bonds is 7. The highest BCUT2D eigenvalue weighted by molar-refractivity contribution is 5.91. The van der Waals surface area contributed by atoms with Gasteiger partial charge in [-0.05, 0) is 35.6 Å². The molecule has 1 aromatic heterocycles. The molecule has 3 N–H and O–H groups in total. The number of ether oxygens (including phenoxy) is 1. The van der Waals surface area contributed by atoms with Gasteiger partial charge in [0.25, 0.3) is 0 Å². The zero-order valence-corrected chi connectivity index (χ0v) is 18.3. The maximum Gasteiger partial charge on any atom is 0.490 e. The van der Waals surface area contributed by atoms with Crippen LogP contribution in [0.15, 0.2) is 72.1 Å². The lowest BCUT2D eigenvalue weighted by molar-refractivity contribution is -0.192. The first-order chi connectivity index (χ1) is 16.1. The number of aliphatic carboxylic acids is 1. The summed E-state index contributed by atoms with van der Waals surface area (Å²) in [7, 11) is 0. The number of hydrazone groups is 1. The number of carbonyl (C=O) groups is 2. The normalized spacial score (nSPS) is 11.1. The minimum absolute atomic E-state index is 0.281. The van der Waals surface area contributed by atoms with Gasteiger partial charge in [-0.2, -0.15) is 18.3 Å². The number of benzene rings is 2. The molecular weight excluding hydrogens is 451 g/mol. The van der Waals surface area contributed by atoms with Crippen LogP contribution in [0.1, 0.15) is 39.5 Å². The Morgan fingerprint density at radius 2 is 1.68 bits per heavy atom. The first kappa shape index (κ1) is 26.2. The smallest absolute Gasteiger partial charge is 0.475 e. The van der Waals surface area contributed by atoms with Crippen LogP contribution in [0.25, 0.3) is 0 Å². The van der Waals surface area contributed by atoms with Crippen molar-refractivity contribution in [3.8, 4) is 0 Å². The highest BCUT2D eigenvalue weighted by Crippen LogP contribution is 2.19. The Hall–Kier alpha value is -4.08. The summed E-state index contributed by atoms with van der Waals surface area (Å²) in [6.07, 6.45) is 1.10. The monoisotopic (exact) mass is 475 g/mol. The molecule has 0 atom stereocenters. The highest BCUT2D eigenvalue weighted by atomic mass is 19.4. The van der Waals surface area contributed by atoms with Crippen LogP contribution in [-0.4, -0.2) is 40.6 Å². The van der Waals surface area contributed by atoms with Crippen molar-refractivity contribution in [3.63, 3.8) is 0 Å². The number of aromatic nitrogens is 1. The molecule has 0 aliphatic heterocycles. The molecule has 0 spiro atoms. The SMILES string of the molecule is CCOC(=O)c1cn(Cc2ccc(C=NN)cc2)cc1Cc1ccccc1.O=C(O)C(F)(F)F. The molecule has 3 rings (SSSR count). The molecule has 2 aromatic carbocycles. The van der Waals surface area contributed by atoms with Gasteiger partial charge in [0.1, 0.15) is 0 Å². The van der Waals surface area contributed by atoms with E-state index in [0.29, 0.717) is 25.1 Å². The van der Waals surface area contributed by atoms with E-state index in [9.17, 15) is 18.0 Å². The van der Waals surface area contributed by atoms with Crippen molar-refractivity contribution >= 4 is 18.2 Å². The summed E-state index contributed by atoms with van der Waals surface area (Å²) in [5.41, 5.74) is 4.82. The lowest BCUT2D eigenvalue weighted by atomic mass is 10.0. The van der Waals surface area contributed by atoms with Crippen molar-refractivity contribution in [2.45, 2.75) is 26.1 Å². The molecule has 0 aliphatic rings. The molecule has 0 fully saturated rings. The number of hydrogen-bond acceptors (Lipinski definition) is 5. The maximum atomic E-state index is 12.4. The number of carbonyl (C=O) groups excluding carboxylic acids is 1. The van der Waals surface area contributed by atoms with Gasteiger partial charge in [0.05, 0.1) is 18.4 Å². The molecule has 0 bridgehead atoms. The number of esters is 1. The Balaban J connectivity index is 0.000000509. The molecule has 10 heteroatoms. The molecule has 7 nitrogen and oxygen atoms in total. The summed E-state index contributed by atoms with van der Waals surface area (Å²) in [5.74, 6) is 2.14. The van der Waals surface area contributed by atoms with E-state index in [1.165, 1.54) is 0 Å². The van der Waals surface area contributed by atoms with E-state index in [2.05, 4.69) is 17.2 Å². The molecular formula is C24H24F3N3O4. The largest absolute Gasteiger partial charge is 0.490 e. The minimum Gasteiger partial charge on any atom is -0.475 e. The highest BCUT2D eigenvalue weighted by Gasteiger charge is 2.38. The van der Waals surface area contributed by atoms with Crippen LogP contribution < -0.4 is 5.84 Å². The lowest BCUT2D eigenvalue weighted by Gasteiger charge is -2.04. The number of nitrogens with two attached hydrogens (primary N) is 1. The fraction of sp³-hybridized carbons (Fsp3) is 0.208. The summed E-state index contributed by atoms with van der Waals surface area (Å²) in [4.78, 5) is 21.3. The molecule has 0 unspecified atom stereocenters. The number of halogens is 3. The Kier molecular flexibility index (Phi) is 9.42. The van der Waals surface area contributed by atoms with Crippen LogP contribution in [0.5, 0.6) is 0 Å². The van der Waals surface area contributed by atoms with E-state index in [1.807, 2.05) is 66.3 Å². The molecule has 0 aliphatic carbocycles. The second-order valence-corrected chi connectivity index (χ2v) is 7.07. The van der Waals surface area contributed by atoms with Gasteiger partial charge >= 0.3 is 18.1 Å². The number of carboxylic acids is 1. The van der Waals surface area contributed by atoms with Crippen LogP contribution in [0, 0.1) is 0 Å². The summed E-state index contributed by atoms with van der Waals surface area (Å²) < 4.78 is 39.0. The van der Waals surface area contributed by atoms with Gasteiger partial charge in [0, 0.05) is 18.9 Å². The third kappa shape index (κ3) is 8.12. The average Bonchev–Trinajstić information content (AvgIpc) is 3.18. The number of hydrogen-bond donors (Lipinski definition) is 2. The van der Waals surface area contributed by atoms with Crippen LogP contribution in [0.2, 0.25) is 0 Å². The van der Waals surface area contributed by atoms with Crippen LogP contribution in [0.4, 0.5) is 13.2 Å². The fourth-order valence-corrected chi connectivity index (χ4v) is 3.00. The Morgan fingerprint density at radius 1 is 1.06 bits per heavy atom. The van der Waals surface area contributed by atoms with Crippen molar-refractivity contribution < 1.29 is 32.6 Å². The van der Waals surface area contributed by atoms with Gasteiger partial charge in [0.15, 0.2) is 0 Å². The van der Waals surface area contributed by atoms with Crippen LogP contribution >= 0.6 is 0 Å². The third-order valence-corrected chi connectivity index (χ3v) is 4.51. The molecule has 1 heterocycles. The Bertz CT molecular complexity index is 1110. The zero-order chi connectivity index (χ0) is 25.1. The first-order valence-corrected chi connectivity index (χ1v) is 10.2. The second-order valence-electron chi connectivity index (χ2n) is 7.07. The summed E-state index contributed by atoms with van der Waals surface area (Å²) in [6.45, 7) is 2.85. The number of alkyl halides is 3. The van der Waals surface area contributed by atoms with E-state index in [-0.39, 0.29) is 5.97 Å². The van der Waals surface area contributed by atoms with Gasteiger partial charge in [-0.15, -0.1) is 0 Å². The van der Waals surface area contributed by atoms with E-state index in [0.717, 1.165) is 22.3 Å². The predicted octanol–water partition coefficient (Wildman–Crippen LogP) is 4.23. The fourth-order valence-electron chi connectivity index (χ4n) is 3.00. The number of nitrogens with zero attached hydrogens (tertiary/aromatic N) is 2. The van der Waals surface area contributed by atoms with Crippen molar-refractivity contribution in [3.05, 3.63) is 94.8 Å². The van der Waals surface area contributed by atoms with E-state index in [1.54, 1.807) is 6.21 Å². The van der Waals surface area contributed by atoms with E-state index >= 15 is 0 Å². The molecule has 0 radical (unpaired) electrons. The van der Waals surface area contributed by atoms with Gasteiger partial charge in [-0.1, -0.05) is 54.6 Å². The standard InChI is InChI=1S/C22H23N3O2.C2HF3O2/c1-2-27-22(26)21-16-25(14-19-10-8-18(9-11-19)13-24-23)15-20(21)12-17-6-4-3-5-7-17;3-2(4,5)1(6)7/h3-11,13,15-16H,2,12,14,23H2,1H3;(H,6,7). The third-order valence-electron chi connectivity index (χ3n) is 4.51.